The van der Waals surface area contributed by atoms with Gasteiger partial charge in [0.1, 0.15) is 6.26 Å². The van der Waals surface area contributed by atoms with Gasteiger partial charge in [0, 0.05) is 12.8 Å². The van der Waals surface area contributed by atoms with Crippen molar-refractivity contribution >= 4 is 23.1 Å². The van der Waals surface area contributed by atoms with Crippen molar-refractivity contribution < 1.29 is 4.42 Å². The maximum Gasteiger partial charge on any atom is 0.297 e. The second-order valence-corrected chi connectivity index (χ2v) is 8.58. The summed E-state index contributed by atoms with van der Waals surface area (Å²) in [7, 11) is 1.84. The molecular weight excluding hydrogens is 434 g/mol. The van der Waals surface area contributed by atoms with E-state index in [4.69, 9.17) is 4.42 Å². The first-order valence-electron chi connectivity index (χ1n) is 9.37. The van der Waals surface area contributed by atoms with Gasteiger partial charge in [0.15, 0.2) is 5.69 Å². The van der Waals surface area contributed by atoms with Gasteiger partial charge in [-0.1, -0.05) is 36.0 Å². The van der Waals surface area contributed by atoms with Crippen LogP contribution in [0.2, 0.25) is 0 Å². The van der Waals surface area contributed by atoms with Gasteiger partial charge in [-0.15, -0.1) is 16.4 Å². The number of benzene rings is 1. The molecule has 0 radical (unpaired) electrons. The van der Waals surface area contributed by atoms with E-state index in [9.17, 15) is 4.79 Å². The summed E-state index contributed by atoms with van der Waals surface area (Å²) in [5, 5.41) is 14.5. The molecule has 0 saturated carbocycles. The van der Waals surface area contributed by atoms with Crippen molar-refractivity contribution in [3.63, 3.8) is 0 Å². The highest BCUT2D eigenvalue weighted by Gasteiger charge is 2.22. The minimum absolute atomic E-state index is 0.193. The first-order chi connectivity index (χ1) is 15.1. The molecule has 0 unspecified atom stereocenters. The van der Waals surface area contributed by atoms with Gasteiger partial charge in [0.05, 0.1) is 22.0 Å². The van der Waals surface area contributed by atoms with Crippen LogP contribution in [0.4, 0.5) is 0 Å². The normalized spacial score (nSPS) is 11.3. The standard InChI is InChI=1S/C20H17N7O2S2/c1-13-17(19(28)27(25(13)2)15-7-4-3-5-8-15)26-20(22-23-24-26)31-12-14-11-29-18(21-14)16-9-6-10-30-16/h3-11H,12H2,1-2H3. The van der Waals surface area contributed by atoms with E-state index in [-0.39, 0.29) is 5.56 Å². The maximum atomic E-state index is 13.3. The molecule has 0 aliphatic carbocycles. The van der Waals surface area contributed by atoms with E-state index >= 15 is 0 Å². The summed E-state index contributed by atoms with van der Waals surface area (Å²) in [5.74, 6) is 1.10. The summed E-state index contributed by atoms with van der Waals surface area (Å²) < 4.78 is 10.5. The Morgan fingerprint density at radius 3 is 2.77 bits per heavy atom. The van der Waals surface area contributed by atoms with Gasteiger partial charge in [-0.2, -0.15) is 4.68 Å². The smallest absolute Gasteiger partial charge is 0.297 e. The number of rotatable bonds is 6. The van der Waals surface area contributed by atoms with Crippen molar-refractivity contribution in [3.05, 3.63) is 75.8 Å². The lowest BCUT2D eigenvalue weighted by Gasteiger charge is -2.07. The van der Waals surface area contributed by atoms with Crippen LogP contribution in [0.25, 0.3) is 22.1 Å². The number of thiophene rings is 1. The van der Waals surface area contributed by atoms with E-state index in [2.05, 4.69) is 20.5 Å². The van der Waals surface area contributed by atoms with Crippen molar-refractivity contribution in [2.75, 3.05) is 0 Å². The number of para-hydroxylation sites is 1. The van der Waals surface area contributed by atoms with Gasteiger partial charge in [-0.25, -0.2) is 9.67 Å². The van der Waals surface area contributed by atoms with E-state index in [1.54, 1.807) is 27.0 Å². The fourth-order valence-corrected chi connectivity index (χ4v) is 4.64. The molecule has 0 aliphatic rings. The molecule has 0 spiro atoms. The van der Waals surface area contributed by atoms with E-state index in [1.807, 2.05) is 61.8 Å². The van der Waals surface area contributed by atoms with Crippen molar-refractivity contribution in [1.29, 1.82) is 0 Å². The minimum Gasteiger partial charge on any atom is -0.444 e. The Morgan fingerprint density at radius 2 is 2.00 bits per heavy atom. The molecule has 31 heavy (non-hydrogen) atoms. The third kappa shape index (κ3) is 3.51. The third-order valence-corrected chi connectivity index (χ3v) is 6.62. The molecule has 0 aliphatic heterocycles. The predicted molar refractivity (Wildman–Crippen MR) is 118 cm³/mol. The Hall–Kier alpha value is -3.44. The molecule has 0 N–H and O–H groups in total. The summed E-state index contributed by atoms with van der Waals surface area (Å²) >= 11 is 2.96. The van der Waals surface area contributed by atoms with Gasteiger partial charge in [-0.05, 0) is 40.9 Å². The summed E-state index contributed by atoms with van der Waals surface area (Å²) in [6, 6.07) is 13.4. The molecule has 4 aromatic heterocycles. The molecule has 11 heteroatoms. The number of tetrazole rings is 1. The number of aromatic nitrogens is 7. The van der Waals surface area contributed by atoms with Crippen LogP contribution in [0, 0.1) is 6.92 Å². The molecule has 5 rings (SSSR count). The van der Waals surface area contributed by atoms with Gasteiger partial charge >= 0.3 is 0 Å². The Bertz CT molecular complexity index is 1380. The van der Waals surface area contributed by atoms with Crippen molar-refractivity contribution in [2.24, 2.45) is 7.05 Å². The van der Waals surface area contributed by atoms with E-state index in [1.165, 1.54) is 16.4 Å². The molecule has 0 atom stereocenters. The molecule has 9 nitrogen and oxygen atoms in total. The first kappa shape index (κ1) is 19.5. The van der Waals surface area contributed by atoms with Crippen LogP contribution in [0.3, 0.4) is 0 Å². The van der Waals surface area contributed by atoms with Gasteiger partial charge < -0.3 is 4.42 Å². The second kappa shape index (κ2) is 8.00. The fourth-order valence-electron chi connectivity index (χ4n) is 3.23. The molecule has 0 bridgehead atoms. The van der Waals surface area contributed by atoms with Crippen LogP contribution in [0.15, 0.2) is 68.5 Å². The summed E-state index contributed by atoms with van der Waals surface area (Å²) in [6.07, 6.45) is 1.63. The quantitative estimate of drug-likeness (QED) is 0.365. The van der Waals surface area contributed by atoms with Gasteiger partial charge in [0.2, 0.25) is 11.0 Å². The predicted octanol–water partition coefficient (Wildman–Crippen LogP) is 3.47. The summed E-state index contributed by atoms with van der Waals surface area (Å²) in [5.41, 5.74) is 2.52. The number of nitrogens with zero attached hydrogens (tertiary/aromatic N) is 7. The largest absolute Gasteiger partial charge is 0.444 e. The molecule has 0 fully saturated rings. The zero-order valence-corrected chi connectivity index (χ0v) is 18.3. The van der Waals surface area contributed by atoms with Crippen LogP contribution < -0.4 is 5.56 Å². The van der Waals surface area contributed by atoms with E-state index < -0.39 is 0 Å². The summed E-state index contributed by atoms with van der Waals surface area (Å²) in [4.78, 5) is 18.8. The fraction of sp³-hybridized carbons (Fsp3) is 0.150. The first-order valence-corrected chi connectivity index (χ1v) is 11.2. The van der Waals surface area contributed by atoms with E-state index in [0.29, 0.717) is 22.5 Å². The summed E-state index contributed by atoms with van der Waals surface area (Å²) in [6.45, 7) is 1.87. The van der Waals surface area contributed by atoms with Crippen LogP contribution in [-0.4, -0.2) is 34.6 Å². The zero-order valence-electron chi connectivity index (χ0n) is 16.7. The van der Waals surface area contributed by atoms with E-state index in [0.717, 1.165) is 22.0 Å². The minimum atomic E-state index is -0.193. The molecule has 1 aromatic carbocycles. The van der Waals surface area contributed by atoms with Gasteiger partial charge in [0.25, 0.3) is 5.56 Å². The Balaban J connectivity index is 1.44. The highest BCUT2D eigenvalue weighted by molar-refractivity contribution is 7.98. The molecule has 0 amide bonds. The Labute approximate surface area is 184 Å². The maximum absolute atomic E-state index is 13.3. The SMILES string of the molecule is Cc1c(-n2nnnc2SCc2coc(-c3cccs3)n2)c(=O)n(-c2ccccc2)n1C. The molecule has 5 aromatic rings. The highest BCUT2D eigenvalue weighted by Crippen LogP contribution is 2.27. The molecule has 156 valence electrons. The Kier molecular flexibility index (Phi) is 5.04. The van der Waals surface area contributed by atoms with Crippen LogP contribution >= 0.6 is 23.1 Å². The lowest BCUT2D eigenvalue weighted by molar-refractivity contribution is 0.575. The lowest BCUT2D eigenvalue weighted by Crippen LogP contribution is -2.22. The topological polar surface area (TPSA) is 96.6 Å². The van der Waals surface area contributed by atoms with Crippen LogP contribution in [0.1, 0.15) is 11.4 Å². The molecule has 4 heterocycles. The van der Waals surface area contributed by atoms with Crippen LogP contribution in [0.5, 0.6) is 0 Å². The van der Waals surface area contributed by atoms with Crippen molar-refractivity contribution in [3.8, 4) is 22.1 Å². The number of hydrogen-bond acceptors (Lipinski definition) is 8. The average molecular weight is 452 g/mol. The monoisotopic (exact) mass is 451 g/mol. The molecule has 0 saturated heterocycles. The van der Waals surface area contributed by atoms with Gasteiger partial charge in [-0.3, -0.25) is 9.48 Å². The van der Waals surface area contributed by atoms with Crippen molar-refractivity contribution in [2.45, 2.75) is 17.8 Å². The highest BCUT2D eigenvalue weighted by atomic mass is 32.2. The number of thioether (sulfide) groups is 1. The average Bonchev–Trinajstić information content (AvgIpc) is 3.56. The molecular formula is C20H17N7O2S2. The zero-order chi connectivity index (χ0) is 21.4. The number of oxazole rings is 1. The second-order valence-electron chi connectivity index (χ2n) is 6.69. The number of hydrogen-bond donors (Lipinski definition) is 0. The van der Waals surface area contributed by atoms with Crippen LogP contribution in [-0.2, 0) is 12.8 Å². The van der Waals surface area contributed by atoms with Crippen molar-refractivity contribution in [1.82, 2.24) is 34.6 Å². The lowest BCUT2D eigenvalue weighted by atomic mass is 10.3. The third-order valence-electron chi connectivity index (χ3n) is 4.81. The Morgan fingerprint density at radius 1 is 1.16 bits per heavy atom.